The lowest BCUT2D eigenvalue weighted by molar-refractivity contribution is -0.141. The molecule has 1 aliphatic rings. The highest BCUT2D eigenvalue weighted by Crippen LogP contribution is 2.32. The summed E-state index contributed by atoms with van der Waals surface area (Å²) in [6, 6.07) is 7.54. The molecule has 1 N–H and O–H groups in total. The van der Waals surface area contributed by atoms with Gasteiger partial charge in [-0.05, 0) is 17.5 Å². The summed E-state index contributed by atoms with van der Waals surface area (Å²) in [5.74, 6) is -0.834. The van der Waals surface area contributed by atoms with E-state index < -0.39 is 5.97 Å². The average Bonchev–Trinajstić information content (AvgIpc) is 2.52. The first-order chi connectivity index (χ1) is 10.5. The van der Waals surface area contributed by atoms with Gasteiger partial charge in [0, 0.05) is 13.5 Å². The summed E-state index contributed by atoms with van der Waals surface area (Å²) < 4.78 is 4.49. The van der Waals surface area contributed by atoms with Crippen LogP contribution in [0.5, 0.6) is 0 Å². The molecule has 6 heteroatoms. The molecule has 1 unspecified atom stereocenters. The highest BCUT2D eigenvalue weighted by Gasteiger charge is 2.30. The SMILES string of the molecule is COC(=O)CNC(=O)CC1c2ccccc2CCN1C(C)=O. The topological polar surface area (TPSA) is 75.7 Å². The maximum Gasteiger partial charge on any atom is 0.325 e. The third-order valence-electron chi connectivity index (χ3n) is 3.85. The smallest absolute Gasteiger partial charge is 0.325 e. The van der Waals surface area contributed by atoms with E-state index in [1.807, 2.05) is 24.3 Å². The molecule has 2 rings (SSSR count). The van der Waals surface area contributed by atoms with Crippen LogP contribution in [0.1, 0.15) is 30.5 Å². The van der Waals surface area contributed by atoms with Gasteiger partial charge in [-0.25, -0.2) is 0 Å². The summed E-state index contributed by atoms with van der Waals surface area (Å²) in [4.78, 5) is 36.7. The predicted molar refractivity (Wildman–Crippen MR) is 79.9 cm³/mol. The Morgan fingerprint density at radius 3 is 2.73 bits per heavy atom. The van der Waals surface area contributed by atoms with Crippen molar-refractivity contribution in [2.75, 3.05) is 20.2 Å². The Hall–Kier alpha value is -2.37. The van der Waals surface area contributed by atoms with Crippen molar-refractivity contribution in [3.8, 4) is 0 Å². The van der Waals surface area contributed by atoms with E-state index in [-0.39, 0.29) is 30.8 Å². The molecule has 1 atom stereocenters. The first-order valence-corrected chi connectivity index (χ1v) is 7.21. The zero-order valence-electron chi connectivity index (χ0n) is 12.8. The molecular formula is C16H20N2O4. The molecule has 6 nitrogen and oxygen atoms in total. The van der Waals surface area contributed by atoms with Crippen LogP contribution in [0.25, 0.3) is 0 Å². The molecule has 0 saturated heterocycles. The van der Waals surface area contributed by atoms with Crippen LogP contribution in [-0.4, -0.2) is 42.9 Å². The lowest BCUT2D eigenvalue weighted by Gasteiger charge is -2.36. The van der Waals surface area contributed by atoms with Gasteiger partial charge in [-0.1, -0.05) is 24.3 Å². The largest absolute Gasteiger partial charge is 0.468 e. The summed E-state index contributed by atoms with van der Waals surface area (Å²) in [5, 5.41) is 2.52. The lowest BCUT2D eigenvalue weighted by atomic mass is 9.90. The van der Waals surface area contributed by atoms with Gasteiger partial charge in [0.25, 0.3) is 0 Å². The Bertz CT molecular complexity index is 585. The Kier molecular flexibility index (Phi) is 5.14. The van der Waals surface area contributed by atoms with Crippen LogP contribution < -0.4 is 5.32 Å². The molecule has 118 valence electrons. The standard InChI is InChI=1S/C16H20N2O4/c1-11(19)18-8-7-12-5-3-4-6-13(12)14(18)9-15(20)17-10-16(21)22-2/h3-6,14H,7-10H2,1-2H3,(H,17,20). The second kappa shape index (κ2) is 7.06. The third kappa shape index (κ3) is 3.63. The third-order valence-corrected chi connectivity index (χ3v) is 3.85. The number of amides is 2. The van der Waals surface area contributed by atoms with E-state index >= 15 is 0 Å². The van der Waals surface area contributed by atoms with Crippen molar-refractivity contribution >= 4 is 17.8 Å². The molecule has 0 fully saturated rings. The second-order valence-corrected chi connectivity index (χ2v) is 5.23. The van der Waals surface area contributed by atoms with Gasteiger partial charge in [-0.2, -0.15) is 0 Å². The van der Waals surface area contributed by atoms with E-state index in [4.69, 9.17) is 0 Å². The molecular weight excluding hydrogens is 284 g/mol. The first-order valence-electron chi connectivity index (χ1n) is 7.21. The maximum absolute atomic E-state index is 12.1. The Balaban J connectivity index is 2.12. The molecule has 22 heavy (non-hydrogen) atoms. The highest BCUT2D eigenvalue weighted by atomic mass is 16.5. The number of rotatable bonds is 4. The van der Waals surface area contributed by atoms with E-state index in [9.17, 15) is 14.4 Å². The quantitative estimate of drug-likeness (QED) is 0.835. The number of nitrogens with zero attached hydrogens (tertiary/aromatic N) is 1. The van der Waals surface area contributed by atoms with Gasteiger partial charge in [0.15, 0.2) is 0 Å². The minimum Gasteiger partial charge on any atom is -0.468 e. The van der Waals surface area contributed by atoms with Gasteiger partial charge in [0.1, 0.15) is 6.54 Å². The number of fused-ring (bicyclic) bond motifs is 1. The van der Waals surface area contributed by atoms with Gasteiger partial charge in [0.05, 0.1) is 19.6 Å². The van der Waals surface area contributed by atoms with Gasteiger partial charge < -0.3 is 15.0 Å². The first kappa shape index (κ1) is 16.0. The minimum absolute atomic E-state index is 0.0553. The Labute approximate surface area is 129 Å². The van der Waals surface area contributed by atoms with Crippen LogP contribution in [0.4, 0.5) is 0 Å². The maximum atomic E-state index is 12.1. The molecule has 0 bridgehead atoms. The predicted octanol–water partition coefficient (Wildman–Crippen LogP) is 0.812. The van der Waals surface area contributed by atoms with Crippen molar-refractivity contribution in [3.05, 3.63) is 35.4 Å². The molecule has 1 aromatic rings. The summed E-state index contributed by atoms with van der Waals surface area (Å²) >= 11 is 0. The average molecular weight is 304 g/mol. The van der Waals surface area contributed by atoms with Gasteiger partial charge in [-0.15, -0.1) is 0 Å². The van der Waals surface area contributed by atoms with E-state index in [1.54, 1.807) is 4.90 Å². The number of hydrogen-bond acceptors (Lipinski definition) is 4. The van der Waals surface area contributed by atoms with Crippen LogP contribution in [0, 0.1) is 0 Å². The zero-order chi connectivity index (χ0) is 16.1. The minimum atomic E-state index is -0.499. The fourth-order valence-corrected chi connectivity index (χ4v) is 2.74. The fraction of sp³-hybridized carbons (Fsp3) is 0.438. The number of hydrogen-bond donors (Lipinski definition) is 1. The van der Waals surface area contributed by atoms with E-state index in [0.717, 1.165) is 17.5 Å². The molecule has 1 aliphatic heterocycles. The van der Waals surface area contributed by atoms with Crippen molar-refractivity contribution in [2.24, 2.45) is 0 Å². The van der Waals surface area contributed by atoms with Gasteiger partial charge in [0.2, 0.25) is 11.8 Å². The summed E-state index contributed by atoms with van der Waals surface area (Å²) in [7, 11) is 1.27. The number of ether oxygens (including phenoxy) is 1. The molecule has 0 aromatic heterocycles. The van der Waals surface area contributed by atoms with Crippen molar-refractivity contribution in [1.82, 2.24) is 10.2 Å². The molecule has 1 aromatic carbocycles. The van der Waals surface area contributed by atoms with Crippen LogP contribution in [0.3, 0.4) is 0 Å². The Morgan fingerprint density at radius 1 is 1.32 bits per heavy atom. The van der Waals surface area contributed by atoms with Crippen molar-refractivity contribution in [2.45, 2.75) is 25.8 Å². The number of methoxy groups -OCH3 is 1. The van der Waals surface area contributed by atoms with Crippen LogP contribution >= 0.6 is 0 Å². The highest BCUT2D eigenvalue weighted by molar-refractivity contribution is 5.83. The fourth-order valence-electron chi connectivity index (χ4n) is 2.74. The van der Waals surface area contributed by atoms with Crippen LogP contribution in [0.15, 0.2) is 24.3 Å². The lowest BCUT2D eigenvalue weighted by Crippen LogP contribution is -2.41. The number of benzene rings is 1. The van der Waals surface area contributed by atoms with Crippen molar-refractivity contribution < 1.29 is 19.1 Å². The molecule has 0 aliphatic carbocycles. The van der Waals surface area contributed by atoms with E-state index in [0.29, 0.717) is 6.54 Å². The number of carbonyl (C=O) groups excluding carboxylic acids is 3. The Morgan fingerprint density at radius 2 is 2.05 bits per heavy atom. The molecule has 0 saturated carbocycles. The number of carbonyl (C=O) groups is 3. The number of nitrogens with one attached hydrogen (secondary N) is 1. The molecule has 0 spiro atoms. The summed E-state index contributed by atoms with van der Waals surface area (Å²) in [6.07, 6.45) is 0.920. The van der Waals surface area contributed by atoms with Crippen molar-refractivity contribution in [1.29, 1.82) is 0 Å². The van der Waals surface area contributed by atoms with Crippen LogP contribution in [-0.2, 0) is 25.5 Å². The normalized spacial score (nSPS) is 16.6. The molecule has 1 heterocycles. The summed E-state index contributed by atoms with van der Waals surface area (Å²) in [5.41, 5.74) is 2.16. The molecule has 0 radical (unpaired) electrons. The van der Waals surface area contributed by atoms with Crippen molar-refractivity contribution in [3.63, 3.8) is 0 Å². The van der Waals surface area contributed by atoms with Crippen LogP contribution in [0.2, 0.25) is 0 Å². The van der Waals surface area contributed by atoms with E-state index in [1.165, 1.54) is 14.0 Å². The van der Waals surface area contributed by atoms with E-state index in [2.05, 4.69) is 10.1 Å². The monoisotopic (exact) mass is 304 g/mol. The second-order valence-electron chi connectivity index (χ2n) is 5.23. The zero-order valence-corrected chi connectivity index (χ0v) is 12.8. The van der Waals surface area contributed by atoms with Gasteiger partial charge in [-0.3, -0.25) is 14.4 Å². The molecule has 2 amide bonds. The number of esters is 1. The summed E-state index contributed by atoms with van der Waals surface area (Å²) in [6.45, 7) is 1.94. The van der Waals surface area contributed by atoms with Gasteiger partial charge >= 0.3 is 5.97 Å².